The first-order valence-corrected chi connectivity index (χ1v) is 6.96. The maximum Gasteiger partial charge on any atom is 0.301 e. The van der Waals surface area contributed by atoms with Crippen LogP contribution in [0.3, 0.4) is 0 Å². The molecule has 0 spiro atoms. The summed E-state index contributed by atoms with van der Waals surface area (Å²) >= 11 is 0. The zero-order valence-corrected chi connectivity index (χ0v) is 11.7. The number of rotatable bonds is 4. The molecule has 7 heteroatoms. The Morgan fingerprint density at radius 1 is 1.21 bits per heavy atom. The van der Waals surface area contributed by atoms with Crippen molar-refractivity contribution in [3.63, 3.8) is 0 Å². The first-order valence-electron chi connectivity index (χ1n) is 5.52. The van der Waals surface area contributed by atoms with Crippen molar-refractivity contribution in [1.29, 1.82) is 10.5 Å². The molecule has 0 saturated carbocycles. The molecule has 0 radical (unpaired) electrons. The van der Waals surface area contributed by atoms with E-state index in [4.69, 9.17) is 10.5 Å². The van der Waals surface area contributed by atoms with Crippen LogP contribution in [0.5, 0.6) is 0 Å². The van der Waals surface area contributed by atoms with Gasteiger partial charge >= 0.3 is 10.2 Å². The Kier molecular flexibility index (Phi) is 4.49. The van der Waals surface area contributed by atoms with Gasteiger partial charge in [0.1, 0.15) is 12.1 Å². The summed E-state index contributed by atoms with van der Waals surface area (Å²) in [6.07, 6.45) is 0. The van der Waals surface area contributed by atoms with Crippen molar-refractivity contribution in [2.24, 2.45) is 0 Å². The van der Waals surface area contributed by atoms with E-state index in [1.165, 1.54) is 29.6 Å². The van der Waals surface area contributed by atoms with Crippen molar-refractivity contribution >= 4 is 15.9 Å². The second-order valence-corrected chi connectivity index (χ2v) is 5.93. The minimum absolute atomic E-state index is 0.134. The second kappa shape index (κ2) is 5.70. The molecule has 0 bridgehead atoms. The number of hydrogen-bond donors (Lipinski definition) is 1. The highest BCUT2D eigenvalue weighted by Gasteiger charge is 2.20. The highest BCUT2D eigenvalue weighted by Crippen LogP contribution is 2.17. The van der Waals surface area contributed by atoms with Gasteiger partial charge in [0.15, 0.2) is 0 Å². The van der Waals surface area contributed by atoms with Crippen molar-refractivity contribution in [2.45, 2.75) is 19.9 Å². The molecular formula is C12H14N4O2S. The molecule has 0 atom stereocenters. The highest BCUT2D eigenvalue weighted by atomic mass is 32.2. The molecule has 1 rings (SSSR count). The van der Waals surface area contributed by atoms with Crippen LogP contribution in [0.25, 0.3) is 0 Å². The Morgan fingerprint density at radius 2 is 1.79 bits per heavy atom. The van der Waals surface area contributed by atoms with Crippen molar-refractivity contribution < 1.29 is 8.42 Å². The molecule has 0 aliphatic heterocycles. The largest absolute Gasteiger partial charge is 0.301 e. The van der Waals surface area contributed by atoms with Crippen LogP contribution in [-0.4, -0.2) is 25.8 Å². The number of anilines is 1. The normalized spacial score (nSPS) is 11.1. The maximum absolute atomic E-state index is 12.0. The minimum atomic E-state index is -3.67. The van der Waals surface area contributed by atoms with Crippen molar-refractivity contribution in [1.82, 2.24) is 4.31 Å². The molecule has 1 N–H and O–H groups in total. The number of nitrogens with one attached hydrogen (secondary N) is 1. The lowest BCUT2D eigenvalue weighted by Crippen LogP contribution is -2.37. The predicted octanol–water partition coefficient (Wildman–Crippen LogP) is 1.43. The summed E-state index contributed by atoms with van der Waals surface area (Å²) in [6.45, 7) is 3.50. The summed E-state index contributed by atoms with van der Waals surface area (Å²) in [6, 6.07) is 7.73. The van der Waals surface area contributed by atoms with Gasteiger partial charge in [0, 0.05) is 13.1 Å². The first kappa shape index (κ1) is 15.0. The van der Waals surface area contributed by atoms with E-state index in [9.17, 15) is 8.42 Å². The molecular weight excluding hydrogens is 264 g/mol. The fourth-order valence-electron chi connectivity index (χ4n) is 1.30. The standard InChI is InChI=1S/C12H14N4O2S/c1-9(2)16(3)19(17,18)15-12-5-4-10(7-13)11(6-12)8-14/h4-6,9,15H,1-3H3. The van der Waals surface area contributed by atoms with Crippen LogP contribution < -0.4 is 4.72 Å². The Labute approximate surface area is 113 Å². The van der Waals surface area contributed by atoms with Gasteiger partial charge in [-0.05, 0) is 32.0 Å². The quantitative estimate of drug-likeness (QED) is 0.900. The average Bonchev–Trinajstić information content (AvgIpc) is 2.36. The smallest absolute Gasteiger partial charge is 0.271 e. The third kappa shape index (κ3) is 3.44. The van der Waals surface area contributed by atoms with Crippen LogP contribution in [-0.2, 0) is 10.2 Å². The highest BCUT2D eigenvalue weighted by molar-refractivity contribution is 7.90. The van der Waals surface area contributed by atoms with Gasteiger partial charge in [-0.3, -0.25) is 4.72 Å². The molecule has 1 aromatic carbocycles. The number of nitrogens with zero attached hydrogens (tertiary/aromatic N) is 3. The van der Waals surface area contributed by atoms with Crippen LogP contribution in [0.15, 0.2) is 18.2 Å². The Bertz CT molecular complexity index is 653. The van der Waals surface area contributed by atoms with Gasteiger partial charge in [0.2, 0.25) is 0 Å². The van der Waals surface area contributed by atoms with E-state index in [1.54, 1.807) is 13.8 Å². The molecule has 1 aromatic rings. The van der Waals surface area contributed by atoms with E-state index in [1.807, 2.05) is 12.1 Å². The second-order valence-electron chi connectivity index (χ2n) is 4.20. The average molecular weight is 278 g/mol. The molecule has 0 fully saturated rings. The molecule has 0 aliphatic rings. The lowest BCUT2D eigenvalue weighted by Gasteiger charge is -2.21. The molecule has 0 aromatic heterocycles. The van der Waals surface area contributed by atoms with Crippen molar-refractivity contribution in [2.75, 3.05) is 11.8 Å². The lowest BCUT2D eigenvalue weighted by molar-refractivity contribution is 0.414. The minimum Gasteiger partial charge on any atom is -0.271 e. The van der Waals surface area contributed by atoms with Gasteiger partial charge in [-0.1, -0.05) is 0 Å². The van der Waals surface area contributed by atoms with Crippen LogP contribution >= 0.6 is 0 Å². The molecule has 0 heterocycles. The van der Waals surface area contributed by atoms with Gasteiger partial charge in [0.05, 0.1) is 16.8 Å². The lowest BCUT2D eigenvalue weighted by atomic mass is 10.1. The van der Waals surface area contributed by atoms with Gasteiger partial charge in [0.25, 0.3) is 0 Å². The van der Waals surface area contributed by atoms with E-state index in [-0.39, 0.29) is 22.9 Å². The predicted molar refractivity (Wildman–Crippen MR) is 71.3 cm³/mol. The Morgan fingerprint density at radius 3 is 2.26 bits per heavy atom. The third-order valence-electron chi connectivity index (χ3n) is 2.61. The van der Waals surface area contributed by atoms with E-state index in [0.717, 1.165) is 0 Å². The van der Waals surface area contributed by atoms with Crippen LogP contribution in [0.1, 0.15) is 25.0 Å². The summed E-state index contributed by atoms with van der Waals surface area (Å²) in [5.41, 5.74) is 0.598. The van der Waals surface area contributed by atoms with Crippen LogP contribution in [0.4, 0.5) is 5.69 Å². The zero-order chi connectivity index (χ0) is 14.6. The van der Waals surface area contributed by atoms with Gasteiger partial charge in [-0.2, -0.15) is 23.2 Å². The third-order valence-corrected chi connectivity index (χ3v) is 4.29. The summed E-state index contributed by atoms with van der Waals surface area (Å²) in [5, 5.41) is 17.7. The molecule has 0 amide bonds. The molecule has 19 heavy (non-hydrogen) atoms. The summed E-state index contributed by atoms with van der Waals surface area (Å²) in [7, 11) is -2.21. The van der Waals surface area contributed by atoms with E-state index in [2.05, 4.69) is 4.72 Å². The summed E-state index contributed by atoms with van der Waals surface area (Å²) in [5.74, 6) is 0. The number of benzene rings is 1. The van der Waals surface area contributed by atoms with Crippen LogP contribution in [0.2, 0.25) is 0 Å². The zero-order valence-electron chi connectivity index (χ0n) is 10.9. The molecule has 0 saturated heterocycles. The van der Waals surface area contributed by atoms with E-state index in [0.29, 0.717) is 0 Å². The maximum atomic E-state index is 12.0. The van der Waals surface area contributed by atoms with Gasteiger partial charge in [-0.15, -0.1) is 0 Å². The topological polar surface area (TPSA) is 97.0 Å². The Hall–Kier alpha value is -2.09. The van der Waals surface area contributed by atoms with Gasteiger partial charge < -0.3 is 0 Å². The first-order chi connectivity index (χ1) is 8.81. The fourth-order valence-corrected chi connectivity index (χ4v) is 2.42. The molecule has 0 aliphatic carbocycles. The molecule has 0 unspecified atom stereocenters. The van der Waals surface area contributed by atoms with Crippen molar-refractivity contribution in [3.05, 3.63) is 29.3 Å². The summed E-state index contributed by atoms with van der Waals surface area (Å²) < 4.78 is 27.5. The van der Waals surface area contributed by atoms with E-state index >= 15 is 0 Å². The SMILES string of the molecule is CC(C)N(C)S(=O)(=O)Nc1ccc(C#N)c(C#N)c1. The Balaban J connectivity index is 3.09. The van der Waals surface area contributed by atoms with Crippen LogP contribution in [0, 0.1) is 22.7 Å². The van der Waals surface area contributed by atoms with Crippen molar-refractivity contribution in [3.8, 4) is 12.1 Å². The molecule has 100 valence electrons. The van der Waals surface area contributed by atoms with Gasteiger partial charge in [-0.25, -0.2) is 0 Å². The fraction of sp³-hybridized carbons (Fsp3) is 0.333. The van der Waals surface area contributed by atoms with E-state index < -0.39 is 10.2 Å². The molecule has 6 nitrogen and oxygen atoms in total. The number of nitriles is 2. The monoisotopic (exact) mass is 278 g/mol. The summed E-state index contributed by atoms with van der Waals surface area (Å²) in [4.78, 5) is 0. The number of hydrogen-bond acceptors (Lipinski definition) is 4.